The number of unbranched alkanes of at least 4 members (excludes halogenated alkanes) is 7. The second kappa shape index (κ2) is 14.2. The average molecular weight is 361 g/mol. The lowest BCUT2D eigenvalue weighted by molar-refractivity contribution is -0.116. The van der Waals surface area contributed by atoms with Crippen molar-refractivity contribution in [2.24, 2.45) is 16.5 Å². The Hall–Kier alpha value is -2.04. The van der Waals surface area contributed by atoms with Crippen LogP contribution in [0.25, 0.3) is 0 Å². The first-order valence-electron chi connectivity index (χ1n) is 10.1. The Labute approximate surface area is 158 Å². The normalized spacial score (nSPS) is 10.5. The lowest BCUT2D eigenvalue weighted by Crippen LogP contribution is -2.23. The number of amides is 1. The van der Waals surface area contributed by atoms with E-state index < -0.39 is 0 Å². The lowest BCUT2D eigenvalue weighted by Gasteiger charge is -2.07. The summed E-state index contributed by atoms with van der Waals surface area (Å²) in [5.74, 6) is 0.0594. The van der Waals surface area contributed by atoms with E-state index in [4.69, 9.17) is 11.5 Å². The van der Waals surface area contributed by atoms with E-state index in [1.807, 2.05) is 12.1 Å². The number of nitrogens with two attached hydrogens (primary N) is 2. The molecule has 0 radical (unpaired) electrons. The molecule has 0 saturated carbocycles. The topological polar surface area (TPSA) is 93.5 Å². The van der Waals surface area contributed by atoms with E-state index in [1.165, 1.54) is 56.9 Å². The summed E-state index contributed by atoms with van der Waals surface area (Å²) in [4.78, 5) is 15.7. The lowest BCUT2D eigenvalue weighted by atomic mass is 10.0. The zero-order valence-corrected chi connectivity index (χ0v) is 16.3. The van der Waals surface area contributed by atoms with Gasteiger partial charge in [0.25, 0.3) is 0 Å². The number of benzene rings is 1. The number of hydrogen-bond donors (Lipinski definition) is 3. The summed E-state index contributed by atoms with van der Waals surface area (Å²) in [5, 5.41) is 2.91. The van der Waals surface area contributed by atoms with Gasteiger partial charge in [0.15, 0.2) is 5.96 Å². The van der Waals surface area contributed by atoms with Crippen molar-refractivity contribution in [1.82, 2.24) is 0 Å². The van der Waals surface area contributed by atoms with Crippen LogP contribution in [0, 0.1) is 0 Å². The van der Waals surface area contributed by atoms with Crippen LogP contribution in [0.3, 0.4) is 0 Å². The van der Waals surface area contributed by atoms with Crippen LogP contribution in [-0.2, 0) is 11.2 Å². The van der Waals surface area contributed by atoms with Crippen LogP contribution in [0.5, 0.6) is 0 Å². The maximum absolute atomic E-state index is 11.9. The van der Waals surface area contributed by atoms with Gasteiger partial charge in [0.1, 0.15) is 0 Å². The number of nitrogens with one attached hydrogen (secondary N) is 1. The Bertz CT molecular complexity index is 521. The molecule has 0 atom stereocenters. The first-order valence-corrected chi connectivity index (χ1v) is 10.1. The van der Waals surface area contributed by atoms with Crippen molar-refractivity contribution in [3.63, 3.8) is 0 Å². The zero-order valence-electron chi connectivity index (χ0n) is 16.3. The molecule has 0 saturated heterocycles. The van der Waals surface area contributed by atoms with Crippen LogP contribution >= 0.6 is 0 Å². The summed E-state index contributed by atoms with van der Waals surface area (Å²) < 4.78 is 0. The van der Waals surface area contributed by atoms with Crippen molar-refractivity contribution in [3.8, 4) is 0 Å². The first-order chi connectivity index (χ1) is 12.6. The molecule has 0 aliphatic heterocycles. The van der Waals surface area contributed by atoms with Crippen LogP contribution in [0.15, 0.2) is 29.3 Å². The highest BCUT2D eigenvalue weighted by Gasteiger charge is 2.02. The van der Waals surface area contributed by atoms with E-state index in [1.54, 1.807) is 0 Å². The van der Waals surface area contributed by atoms with Crippen LogP contribution in [0.2, 0.25) is 0 Å². The highest BCUT2D eigenvalue weighted by molar-refractivity contribution is 5.90. The maximum Gasteiger partial charge on any atom is 0.224 e. The molecule has 1 aromatic carbocycles. The highest BCUT2D eigenvalue weighted by atomic mass is 16.1. The predicted molar refractivity (Wildman–Crippen MR) is 111 cm³/mol. The molecule has 0 aliphatic carbocycles. The van der Waals surface area contributed by atoms with Gasteiger partial charge >= 0.3 is 0 Å². The monoisotopic (exact) mass is 360 g/mol. The molecule has 146 valence electrons. The summed E-state index contributed by atoms with van der Waals surface area (Å²) in [7, 11) is 0. The van der Waals surface area contributed by atoms with Crippen LogP contribution in [0.4, 0.5) is 5.69 Å². The Kier molecular flexibility index (Phi) is 12.0. The minimum absolute atomic E-state index is 0.00776. The second-order valence-electron chi connectivity index (χ2n) is 6.88. The van der Waals surface area contributed by atoms with Crippen molar-refractivity contribution in [2.45, 2.75) is 77.6 Å². The largest absolute Gasteiger partial charge is 0.370 e. The average Bonchev–Trinajstić information content (AvgIpc) is 2.62. The van der Waals surface area contributed by atoms with Gasteiger partial charge in [0.2, 0.25) is 5.91 Å². The fourth-order valence-corrected chi connectivity index (χ4v) is 2.89. The van der Waals surface area contributed by atoms with Gasteiger partial charge in [-0.3, -0.25) is 9.79 Å². The number of anilines is 1. The number of aliphatic imine (C=N–C) groups is 1. The van der Waals surface area contributed by atoms with Crippen LogP contribution < -0.4 is 16.8 Å². The Morgan fingerprint density at radius 3 is 2.15 bits per heavy atom. The number of aryl methyl sites for hydroxylation is 1. The van der Waals surface area contributed by atoms with Crippen molar-refractivity contribution >= 4 is 17.6 Å². The van der Waals surface area contributed by atoms with Gasteiger partial charge in [-0.05, 0) is 37.0 Å². The summed E-state index contributed by atoms with van der Waals surface area (Å²) in [6.45, 7) is 2.74. The van der Waals surface area contributed by atoms with Crippen molar-refractivity contribution in [2.75, 3.05) is 11.9 Å². The van der Waals surface area contributed by atoms with E-state index in [0.29, 0.717) is 19.4 Å². The molecule has 0 bridgehead atoms. The molecular weight excluding hydrogens is 324 g/mol. The molecule has 0 aliphatic rings. The van der Waals surface area contributed by atoms with Crippen molar-refractivity contribution in [1.29, 1.82) is 0 Å². The van der Waals surface area contributed by atoms with Gasteiger partial charge in [-0.2, -0.15) is 0 Å². The minimum Gasteiger partial charge on any atom is -0.370 e. The summed E-state index contributed by atoms with van der Waals surface area (Å²) >= 11 is 0. The summed E-state index contributed by atoms with van der Waals surface area (Å²) in [6, 6.07) is 8.18. The molecule has 0 aromatic heterocycles. The SMILES string of the molecule is CCCCCCCCCCc1ccc(NC(=O)CCCN=C(N)N)cc1. The third-order valence-electron chi connectivity index (χ3n) is 4.41. The number of carbonyl (C=O) groups excluding carboxylic acids is 1. The van der Waals surface area contributed by atoms with Gasteiger partial charge in [-0.15, -0.1) is 0 Å². The second-order valence-corrected chi connectivity index (χ2v) is 6.88. The number of nitrogens with zero attached hydrogens (tertiary/aromatic N) is 1. The number of rotatable bonds is 14. The predicted octanol–water partition coefficient (Wildman–Crippen LogP) is 4.36. The Morgan fingerprint density at radius 1 is 0.923 bits per heavy atom. The van der Waals surface area contributed by atoms with Crippen molar-refractivity contribution < 1.29 is 4.79 Å². The summed E-state index contributed by atoms with van der Waals surface area (Å²) in [5.41, 5.74) is 12.7. The van der Waals surface area contributed by atoms with E-state index in [-0.39, 0.29) is 11.9 Å². The third-order valence-corrected chi connectivity index (χ3v) is 4.41. The maximum atomic E-state index is 11.9. The van der Waals surface area contributed by atoms with Crippen molar-refractivity contribution in [3.05, 3.63) is 29.8 Å². The van der Waals surface area contributed by atoms with Gasteiger partial charge in [-0.1, -0.05) is 64.0 Å². The van der Waals surface area contributed by atoms with Gasteiger partial charge in [0, 0.05) is 18.7 Å². The van der Waals surface area contributed by atoms with Crippen LogP contribution in [0.1, 0.15) is 76.7 Å². The van der Waals surface area contributed by atoms with Crippen LogP contribution in [-0.4, -0.2) is 18.4 Å². The zero-order chi connectivity index (χ0) is 19.0. The fraction of sp³-hybridized carbons (Fsp3) is 0.619. The molecule has 1 rings (SSSR count). The van der Waals surface area contributed by atoms with E-state index >= 15 is 0 Å². The number of guanidine groups is 1. The molecule has 0 heterocycles. The molecule has 5 nitrogen and oxygen atoms in total. The van der Waals surface area contributed by atoms with E-state index in [9.17, 15) is 4.79 Å². The van der Waals surface area contributed by atoms with E-state index in [2.05, 4.69) is 29.4 Å². The molecule has 0 fully saturated rings. The molecule has 1 amide bonds. The standard InChI is InChI=1S/C21H36N4O/c1-2-3-4-5-6-7-8-9-11-18-13-15-19(16-14-18)25-20(26)12-10-17-24-21(22)23/h13-16H,2-12,17H2,1H3,(H,25,26)(H4,22,23,24). The Balaban J connectivity index is 2.14. The molecule has 5 N–H and O–H groups in total. The molecule has 26 heavy (non-hydrogen) atoms. The number of hydrogen-bond acceptors (Lipinski definition) is 2. The molecular formula is C21H36N4O. The molecule has 1 aromatic rings. The van der Waals surface area contributed by atoms with Gasteiger partial charge < -0.3 is 16.8 Å². The first kappa shape index (κ1) is 22.0. The minimum atomic E-state index is -0.00776. The third kappa shape index (κ3) is 11.5. The van der Waals surface area contributed by atoms with E-state index in [0.717, 1.165) is 12.1 Å². The van der Waals surface area contributed by atoms with Gasteiger partial charge in [-0.25, -0.2) is 0 Å². The molecule has 0 unspecified atom stereocenters. The smallest absolute Gasteiger partial charge is 0.224 e. The summed E-state index contributed by atoms with van der Waals surface area (Å²) in [6.07, 6.45) is 12.9. The molecule has 0 spiro atoms. The fourth-order valence-electron chi connectivity index (χ4n) is 2.89. The quantitative estimate of drug-likeness (QED) is 0.261. The number of carbonyl (C=O) groups is 1. The van der Waals surface area contributed by atoms with Gasteiger partial charge in [0.05, 0.1) is 0 Å². The molecule has 5 heteroatoms. The Morgan fingerprint density at radius 2 is 1.54 bits per heavy atom. The highest BCUT2D eigenvalue weighted by Crippen LogP contribution is 2.14.